The van der Waals surface area contributed by atoms with Gasteiger partial charge in [-0.05, 0) is 30.3 Å². The van der Waals surface area contributed by atoms with E-state index in [2.05, 4.69) is 5.32 Å². The molecule has 3 aromatic rings. The van der Waals surface area contributed by atoms with Crippen molar-refractivity contribution in [2.75, 3.05) is 5.32 Å². The first kappa shape index (κ1) is 15.9. The molecule has 2 N–H and O–H groups in total. The molecule has 1 aromatic heterocycles. The highest BCUT2D eigenvalue weighted by atomic mass is 32.1. The van der Waals surface area contributed by atoms with Gasteiger partial charge in [0.1, 0.15) is 0 Å². The number of fused-ring (bicyclic) bond motifs is 1. The molecule has 1 amide bonds. The topological polar surface area (TPSA) is 88.4 Å². The van der Waals surface area contributed by atoms with Crippen molar-refractivity contribution in [2.45, 2.75) is 13.0 Å². The van der Waals surface area contributed by atoms with Gasteiger partial charge in [-0.25, -0.2) is 4.79 Å². The first-order valence-electron chi connectivity index (χ1n) is 7.26. The molecule has 0 aliphatic carbocycles. The molecule has 0 saturated carbocycles. The van der Waals surface area contributed by atoms with Crippen LogP contribution in [0.1, 0.15) is 16.8 Å². The van der Waals surface area contributed by atoms with Crippen molar-refractivity contribution in [3.8, 4) is 0 Å². The molecule has 1 heterocycles. The van der Waals surface area contributed by atoms with Crippen LogP contribution in [-0.4, -0.2) is 21.6 Å². The Morgan fingerprint density at radius 2 is 1.92 bits per heavy atom. The predicted molar refractivity (Wildman–Crippen MR) is 92.7 cm³/mol. The molecule has 0 aliphatic heterocycles. The number of aryl methyl sites for hydroxylation is 1. The number of amides is 1. The molecule has 24 heavy (non-hydrogen) atoms. The Kier molecular flexibility index (Phi) is 4.43. The average Bonchev–Trinajstić information content (AvgIpc) is 2.88. The van der Waals surface area contributed by atoms with Gasteiger partial charge >= 0.3 is 10.8 Å². The quantitative estimate of drug-likeness (QED) is 0.746. The monoisotopic (exact) mass is 342 g/mol. The van der Waals surface area contributed by atoms with E-state index in [1.807, 2.05) is 24.3 Å². The molecule has 0 spiro atoms. The van der Waals surface area contributed by atoms with Crippen LogP contribution in [0.4, 0.5) is 5.69 Å². The number of nitrogens with zero attached hydrogens (tertiary/aromatic N) is 1. The van der Waals surface area contributed by atoms with Crippen molar-refractivity contribution >= 4 is 39.1 Å². The fourth-order valence-corrected chi connectivity index (χ4v) is 3.31. The summed E-state index contributed by atoms with van der Waals surface area (Å²) < 4.78 is 2.46. The van der Waals surface area contributed by atoms with E-state index in [1.165, 1.54) is 12.1 Å². The number of aromatic carboxylic acids is 1. The van der Waals surface area contributed by atoms with Gasteiger partial charge in [-0.2, -0.15) is 0 Å². The molecular formula is C17H14N2O4S. The van der Waals surface area contributed by atoms with Gasteiger partial charge in [0.15, 0.2) is 0 Å². The third kappa shape index (κ3) is 3.36. The molecule has 0 atom stereocenters. The number of carbonyl (C=O) groups is 2. The van der Waals surface area contributed by atoms with Crippen LogP contribution in [0.2, 0.25) is 0 Å². The van der Waals surface area contributed by atoms with Crippen molar-refractivity contribution in [1.29, 1.82) is 0 Å². The number of hydrogen-bond donors (Lipinski definition) is 2. The molecule has 0 fully saturated rings. The number of carbonyl (C=O) groups excluding carboxylic acids is 1. The zero-order chi connectivity index (χ0) is 17.1. The Bertz CT molecular complexity index is 974. The summed E-state index contributed by atoms with van der Waals surface area (Å²) in [6.07, 6.45) is 0.123. The summed E-state index contributed by atoms with van der Waals surface area (Å²) in [6, 6.07) is 13.5. The van der Waals surface area contributed by atoms with Crippen LogP contribution in [0.5, 0.6) is 0 Å². The highest BCUT2D eigenvalue weighted by molar-refractivity contribution is 7.16. The molecule has 122 valence electrons. The summed E-state index contributed by atoms with van der Waals surface area (Å²) >= 11 is 1.15. The summed E-state index contributed by atoms with van der Waals surface area (Å²) in [6.45, 7) is 0.271. The van der Waals surface area contributed by atoms with E-state index < -0.39 is 5.97 Å². The standard InChI is InChI=1S/C17H14N2O4S/c20-15(18-12-5-3-4-11(10-12)16(21)22)8-9-19-13-6-1-2-7-14(13)24-17(19)23/h1-7,10H,8-9H2,(H,18,20)(H,21,22). The van der Waals surface area contributed by atoms with Crippen molar-refractivity contribution in [2.24, 2.45) is 0 Å². The molecule has 6 nitrogen and oxygen atoms in total. The second-order valence-corrected chi connectivity index (χ2v) is 6.16. The second kappa shape index (κ2) is 6.67. The minimum absolute atomic E-state index is 0.100. The summed E-state index contributed by atoms with van der Waals surface area (Å²) in [5.74, 6) is -1.33. The van der Waals surface area contributed by atoms with Crippen molar-refractivity contribution in [3.63, 3.8) is 0 Å². The SMILES string of the molecule is O=C(CCn1c(=O)sc2ccccc21)Nc1cccc(C(=O)O)c1. The number of hydrogen-bond acceptors (Lipinski definition) is 4. The van der Waals surface area contributed by atoms with Gasteiger partial charge in [-0.3, -0.25) is 14.2 Å². The Labute approximate surface area is 141 Å². The molecular weight excluding hydrogens is 328 g/mol. The number of aromatic nitrogens is 1. The normalized spacial score (nSPS) is 10.7. The average molecular weight is 342 g/mol. The summed E-state index contributed by atoms with van der Waals surface area (Å²) in [7, 11) is 0. The van der Waals surface area contributed by atoms with Crippen molar-refractivity contribution < 1.29 is 14.7 Å². The van der Waals surface area contributed by atoms with Gasteiger partial charge in [0.05, 0.1) is 15.8 Å². The van der Waals surface area contributed by atoms with Gasteiger partial charge in [0, 0.05) is 18.7 Å². The van der Waals surface area contributed by atoms with Crippen molar-refractivity contribution in [1.82, 2.24) is 4.57 Å². The Balaban J connectivity index is 1.69. The van der Waals surface area contributed by atoms with E-state index in [1.54, 1.807) is 16.7 Å². The van der Waals surface area contributed by atoms with Crippen LogP contribution in [0.3, 0.4) is 0 Å². The molecule has 0 radical (unpaired) electrons. The van der Waals surface area contributed by atoms with E-state index in [4.69, 9.17) is 5.11 Å². The molecule has 3 rings (SSSR count). The van der Waals surface area contributed by atoms with E-state index >= 15 is 0 Å². The summed E-state index contributed by atoms with van der Waals surface area (Å²) in [5, 5.41) is 11.6. The highest BCUT2D eigenvalue weighted by Gasteiger charge is 2.10. The third-order valence-corrected chi connectivity index (χ3v) is 4.49. The lowest BCUT2D eigenvalue weighted by Gasteiger charge is -2.07. The maximum Gasteiger partial charge on any atom is 0.335 e. The first-order chi connectivity index (χ1) is 11.5. The van der Waals surface area contributed by atoms with Gasteiger partial charge in [0.2, 0.25) is 5.91 Å². The lowest BCUT2D eigenvalue weighted by Crippen LogP contribution is -2.19. The van der Waals surface area contributed by atoms with Crippen LogP contribution in [0, 0.1) is 0 Å². The molecule has 2 aromatic carbocycles. The number of nitrogens with one attached hydrogen (secondary N) is 1. The van der Waals surface area contributed by atoms with Crippen LogP contribution in [0.25, 0.3) is 10.2 Å². The minimum Gasteiger partial charge on any atom is -0.478 e. The van der Waals surface area contributed by atoms with Gasteiger partial charge < -0.3 is 10.4 Å². The number of benzene rings is 2. The van der Waals surface area contributed by atoms with Gasteiger partial charge in [-0.15, -0.1) is 0 Å². The lowest BCUT2D eigenvalue weighted by molar-refractivity contribution is -0.116. The number of rotatable bonds is 5. The van der Waals surface area contributed by atoms with Crippen LogP contribution in [0.15, 0.2) is 53.3 Å². The lowest BCUT2D eigenvalue weighted by atomic mass is 10.2. The number of anilines is 1. The fraction of sp³-hybridized carbons (Fsp3) is 0.118. The summed E-state index contributed by atoms with van der Waals surface area (Å²) in [5.41, 5.74) is 1.34. The number of carboxylic acid groups (broad SMARTS) is 1. The second-order valence-electron chi connectivity index (χ2n) is 5.17. The molecule has 0 unspecified atom stereocenters. The zero-order valence-electron chi connectivity index (χ0n) is 12.6. The first-order valence-corrected chi connectivity index (χ1v) is 8.08. The maximum atomic E-state index is 12.1. The van der Waals surface area contributed by atoms with Gasteiger partial charge in [0.25, 0.3) is 0 Å². The van der Waals surface area contributed by atoms with Crippen molar-refractivity contribution in [3.05, 3.63) is 63.8 Å². The maximum absolute atomic E-state index is 12.1. The number of carboxylic acids is 1. The number of para-hydroxylation sites is 1. The molecule has 0 bridgehead atoms. The molecule has 0 aliphatic rings. The molecule has 0 saturated heterocycles. The highest BCUT2D eigenvalue weighted by Crippen LogP contribution is 2.17. The zero-order valence-corrected chi connectivity index (χ0v) is 13.4. The smallest absolute Gasteiger partial charge is 0.335 e. The van der Waals surface area contributed by atoms with E-state index in [-0.39, 0.29) is 29.3 Å². The van der Waals surface area contributed by atoms with Crippen LogP contribution >= 0.6 is 11.3 Å². The minimum atomic E-state index is -1.05. The van der Waals surface area contributed by atoms with Crippen LogP contribution in [-0.2, 0) is 11.3 Å². The van der Waals surface area contributed by atoms with E-state index in [9.17, 15) is 14.4 Å². The van der Waals surface area contributed by atoms with E-state index in [0.717, 1.165) is 21.6 Å². The number of thiazole rings is 1. The predicted octanol–water partition coefficient (Wildman–Crippen LogP) is 2.79. The van der Waals surface area contributed by atoms with E-state index in [0.29, 0.717) is 5.69 Å². The van der Waals surface area contributed by atoms with Gasteiger partial charge in [-0.1, -0.05) is 29.5 Å². The Morgan fingerprint density at radius 3 is 2.71 bits per heavy atom. The third-order valence-electron chi connectivity index (χ3n) is 3.53. The largest absolute Gasteiger partial charge is 0.478 e. The molecule has 7 heteroatoms. The Morgan fingerprint density at radius 1 is 1.12 bits per heavy atom. The summed E-state index contributed by atoms with van der Waals surface area (Å²) in [4.78, 5) is 34.9. The van der Waals surface area contributed by atoms with Crippen LogP contribution < -0.4 is 10.2 Å². The fourth-order valence-electron chi connectivity index (χ4n) is 2.39. The Hall–Kier alpha value is -2.93.